The van der Waals surface area contributed by atoms with Gasteiger partial charge in [0.15, 0.2) is 6.61 Å². The number of nitrogens with zero attached hydrogens (tertiary/aromatic N) is 4. The standard InChI is InChI=1S/C22H29N5O3/c1-12-4-13(2)27-21(23-12)25-19(26-27)20(29)30-11-18(28)24-14(3)22-8-15-5-16(9-22)7-17(6-15)10-22/h4,14-17H,5-11H2,1-3H3,(H,24,28)/t14-,15?,16?,17?,22?/m0/s1. The van der Waals surface area contributed by atoms with E-state index in [1.807, 2.05) is 19.9 Å². The van der Waals surface area contributed by atoms with Crippen LogP contribution in [0.5, 0.6) is 0 Å². The fraction of sp³-hybridized carbons (Fsp3) is 0.682. The van der Waals surface area contributed by atoms with Gasteiger partial charge in [-0.3, -0.25) is 4.79 Å². The second-order valence-electron chi connectivity index (χ2n) is 9.83. The summed E-state index contributed by atoms with van der Waals surface area (Å²) in [7, 11) is 0. The second kappa shape index (κ2) is 7.03. The summed E-state index contributed by atoms with van der Waals surface area (Å²) in [5, 5.41) is 7.27. The Labute approximate surface area is 175 Å². The summed E-state index contributed by atoms with van der Waals surface area (Å²) in [6, 6.07) is 1.95. The lowest BCUT2D eigenvalue weighted by Crippen LogP contribution is -2.56. The van der Waals surface area contributed by atoms with Gasteiger partial charge in [0.2, 0.25) is 0 Å². The minimum atomic E-state index is -0.713. The number of nitrogens with one attached hydrogen (secondary N) is 1. The van der Waals surface area contributed by atoms with Crippen molar-refractivity contribution in [3.63, 3.8) is 0 Å². The van der Waals surface area contributed by atoms with Gasteiger partial charge in [0, 0.05) is 17.4 Å². The summed E-state index contributed by atoms with van der Waals surface area (Å²) < 4.78 is 6.69. The van der Waals surface area contributed by atoms with Crippen molar-refractivity contribution >= 4 is 17.7 Å². The molecule has 1 atom stereocenters. The third kappa shape index (κ3) is 3.36. The van der Waals surface area contributed by atoms with Gasteiger partial charge in [-0.15, -0.1) is 5.10 Å². The molecule has 4 aliphatic rings. The maximum atomic E-state index is 12.5. The first kappa shape index (κ1) is 19.5. The summed E-state index contributed by atoms with van der Waals surface area (Å²) in [6.45, 7) is 5.52. The highest BCUT2D eigenvalue weighted by Gasteiger charge is 2.53. The zero-order chi connectivity index (χ0) is 21.0. The zero-order valence-electron chi connectivity index (χ0n) is 17.9. The number of ether oxygens (including phenoxy) is 1. The molecule has 0 spiro atoms. The monoisotopic (exact) mass is 411 g/mol. The van der Waals surface area contributed by atoms with Crippen LogP contribution in [0.25, 0.3) is 5.78 Å². The molecule has 0 saturated heterocycles. The minimum Gasteiger partial charge on any atom is -0.450 e. The molecule has 6 rings (SSSR count). The van der Waals surface area contributed by atoms with Gasteiger partial charge in [0.25, 0.3) is 17.5 Å². The molecule has 1 amide bonds. The first-order valence-corrected chi connectivity index (χ1v) is 11.0. The van der Waals surface area contributed by atoms with Crippen LogP contribution in [0.4, 0.5) is 0 Å². The average molecular weight is 412 g/mol. The van der Waals surface area contributed by atoms with Crippen LogP contribution in [0.1, 0.15) is 67.5 Å². The van der Waals surface area contributed by atoms with Crippen LogP contribution in [0.3, 0.4) is 0 Å². The number of rotatable bonds is 5. The number of aryl methyl sites for hydroxylation is 2. The van der Waals surface area contributed by atoms with E-state index >= 15 is 0 Å². The molecule has 0 radical (unpaired) electrons. The average Bonchev–Trinajstić information content (AvgIpc) is 3.09. The number of hydrogen-bond acceptors (Lipinski definition) is 6. The van der Waals surface area contributed by atoms with Gasteiger partial charge < -0.3 is 10.1 Å². The van der Waals surface area contributed by atoms with Gasteiger partial charge in [-0.25, -0.2) is 14.3 Å². The van der Waals surface area contributed by atoms with Gasteiger partial charge in [0.05, 0.1) is 0 Å². The van der Waals surface area contributed by atoms with Crippen LogP contribution < -0.4 is 5.32 Å². The number of esters is 1. The smallest absolute Gasteiger partial charge is 0.378 e. The highest BCUT2D eigenvalue weighted by molar-refractivity contribution is 5.88. The normalized spacial score (nSPS) is 30.4. The second-order valence-corrected chi connectivity index (χ2v) is 9.83. The molecule has 8 heteroatoms. The van der Waals surface area contributed by atoms with E-state index in [0.717, 1.165) is 29.1 Å². The number of aromatic nitrogens is 4. The van der Waals surface area contributed by atoms with Crippen LogP contribution >= 0.6 is 0 Å². The molecule has 2 aromatic heterocycles. The minimum absolute atomic E-state index is 0.0851. The molecular weight excluding hydrogens is 382 g/mol. The van der Waals surface area contributed by atoms with Gasteiger partial charge in [-0.2, -0.15) is 4.98 Å². The highest BCUT2D eigenvalue weighted by Crippen LogP contribution is 2.61. The van der Waals surface area contributed by atoms with Gasteiger partial charge >= 0.3 is 5.97 Å². The van der Waals surface area contributed by atoms with Gasteiger partial charge in [0.1, 0.15) is 0 Å². The molecular formula is C22H29N5O3. The Hall–Kier alpha value is -2.51. The molecule has 4 bridgehead atoms. The number of hydrogen-bond donors (Lipinski definition) is 1. The quantitative estimate of drug-likeness (QED) is 0.760. The van der Waals surface area contributed by atoms with E-state index in [0.29, 0.717) is 5.78 Å². The van der Waals surface area contributed by atoms with E-state index in [1.54, 1.807) is 0 Å². The lowest BCUT2D eigenvalue weighted by molar-refractivity contribution is -0.128. The van der Waals surface area contributed by atoms with E-state index in [2.05, 4.69) is 27.3 Å². The lowest BCUT2D eigenvalue weighted by Gasteiger charge is -2.59. The zero-order valence-corrected chi connectivity index (χ0v) is 17.9. The molecule has 0 unspecified atom stereocenters. The fourth-order valence-electron chi connectivity index (χ4n) is 6.59. The summed E-state index contributed by atoms with van der Waals surface area (Å²) in [5.41, 5.74) is 1.84. The van der Waals surface area contributed by atoms with Crippen LogP contribution in [0.2, 0.25) is 0 Å². The van der Waals surface area contributed by atoms with Crippen molar-refractivity contribution in [1.82, 2.24) is 24.9 Å². The Morgan fingerprint density at radius 1 is 1.17 bits per heavy atom. The first-order chi connectivity index (χ1) is 14.3. The summed E-state index contributed by atoms with van der Waals surface area (Å²) in [6.07, 6.45) is 7.78. The van der Waals surface area contributed by atoms with Crippen molar-refractivity contribution < 1.29 is 14.3 Å². The Morgan fingerprint density at radius 3 is 2.43 bits per heavy atom. The van der Waals surface area contributed by atoms with E-state index in [4.69, 9.17) is 4.74 Å². The summed E-state index contributed by atoms with van der Waals surface area (Å²) in [5.74, 6) is 1.77. The third-order valence-electron chi connectivity index (χ3n) is 7.52. The number of fused-ring (bicyclic) bond motifs is 1. The predicted molar refractivity (Wildman–Crippen MR) is 109 cm³/mol. The molecule has 8 nitrogen and oxygen atoms in total. The Kier molecular flexibility index (Phi) is 4.56. The number of carbonyl (C=O) groups is 2. The molecule has 30 heavy (non-hydrogen) atoms. The third-order valence-corrected chi connectivity index (χ3v) is 7.52. The van der Waals surface area contributed by atoms with Gasteiger partial charge in [-0.05, 0) is 88.5 Å². The molecule has 2 heterocycles. The van der Waals surface area contributed by atoms with Crippen molar-refractivity contribution in [2.45, 2.75) is 65.3 Å². The Balaban J connectivity index is 1.19. The van der Waals surface area contributed by atoms with Crippen molar-refractivity contribution in [2.24, 2.45) is 23.2 Å². The number of amides is 1. The molecule has 0 aromatic carbocycles. The van der Waals surface area contributed by atoms with Gasteiger partial charge in [-0.1, -0.05) is 0 Å². The summed E-state index contributed by atoms with van der Waals surface area (Å²) in [4.78, 5) is 33.3. The molecule has 4 aliphatic carbocycles. The van der Waals surface area contributed by atoms with Crippen LogP contribution in [0.15, 0.2) is 6.07 Å². The van der Waals surface area contributed by atoms with E-state index in [-0.39, 0.29) is 29.8 Å². The van der Waals surface area contributed by atoms with Crippen LogP contribution in [-0.2, 0) is 9.53 Å². The van der Waals surface area contributed by atoms with Crippen LogP contribution in [0, 0.1) is 37.0 Å². The molecule has 4 fully saturated rings. The topological polar surface area (TPSA) is 98.5 Å². The van der Waals surface area contributed by atoms with Crippen molar-refractivity contribution in [3.8, 4) is 0 Å². The summed E-state index contributed by atoms with van der Waals surface area (Å²) >= 11 is 0. The lowest BCUT2D eigenvalue weighted by atomic mass is 9.48. The molecule has 2 aromatic rings. The molecule has 160 valence electrons. The van der Waals surface area contributed by atoms with Crippen LogP contribution in [-0.4, -0.2) is 44.1 Å². The number of carbonyl (C=O) groups excluding carboxylic acids is 2. The Morgan fingerprint density at radius 2 is 1.80 bits per heavy atom. The fourth-order valence-corrected chi connectivity index (χ4v) is 6.59. The largest absolute Gasteiger partial charge is 0.450 e. The Bertz CT molecular complexity index is 978. The molecule has 4 saturated carbocycles. The van der Waals surface area contributed by atoms with E-state index < -0.39 is 5.97 Å². The van der Waals surface area contributed by atoms with Crippen molar-refractivity contribution in [1.29, 1.82) is 0 Å². The van der Waals surface area contributed by atoms with E-state index in [9.17, 15) is 9.59 Å². The highest BCUT2D eigenvalue weighted by atomic mass is 16.5. The predicted octanol–water partition coefficient (Wildman–Crippen LogP) is 2.62. The molecule has 1 N–H and O–H groups in total. The van der Waals surface area contributed by atoms with Crippen molar-refractivity contribution in [3.05, 3.63) is 23.3 Å². The maximum absolute atomic E-state index is 12.5. The maximum Gasteiger partial charge on any atom is 0.378 e. The van der Waals surface area contributed by atoms with E-state index in [1.165, 1.54) is 43.0 Å². The molecule has 0 aliphatic heterocycles. The van der Waals surface area contributed by atoms with Crippen molar-refractivity contribution in [2.75, 3.05) is 6.61 Å². The SMILES string of the molecule is Cc1cc(C)n2nc(C(=O)OCC(=O)N[C@@H](C)C34CC5CC(CC(C5)C3)C4)nc2n1. The first-order valence-electron chi connectivity index (χ1n) is 11.0.